The molecule has 0 bridgehead atoms. The van der Waals surface area contributed by atoms with Gasteiger partial charge >= 0.3 is 11.9 Å². The molecule has 0 fully saturated rings. The van der Waals surface area contributed by atoms with E-state index in [4.69, 9.17) is 21.4 Å². The molecular formula is C19H15ClN4O4. The summed E-state index contributed by atoms with van der Waals surface area (Å²) in [5.41, 5.74) is 1.54. The Hall–Kier alpha value is -3.65. The van der Waals surface area contributed by atoms with Gasteiger partial charge in [0.25, 0.3) is 0 Å². The molecule has 0 atom stereocenters. The van der Waals surface area contributed by atoms with Crippen LogP contribution in [0.2, 0.25) is 5.02 Å². The first-order chi connectivity index (χ1) is 13.5. The van der Waals surface area contributed by atoms with Crippen LogP contribution >= 0.6 is 11.6 Å². The molecule has 142 valence electrons. The molecule has 0 unspecified atom stereocenters. The third-order valence-electron chi connectivity index (χ3n) is 3.70. The van der Waals surface area contributed by atoms with Crippen molar-refractivity contribution in [2.45, 2.75) is 0 Å². The predicted octanol–water partition coefficient (Wildman–Crippen LogP) is 4.10. The zero-order chi connectivity index (χ0) is 20.1. The third-order valence-corrected chi connectivity index (χ3v) is 4.03. The highest BCUT2D eigenvalue weighted by molar-refractivity contribution is 6.33. The highest BCUT2D eigenvalue weighted by Gasteiger charge is 2.10. The number of carbonyl (C=O) groups excluding carboxylic acids is 1. The van der Waals surface area contributed by atoms with E-state index in [0.717, 1.165) is 0 Å². The van der Waals surface area contributed by atoms with Gasteiger partial charge in [-0.15, -0.1) is 0 Å². The summed E-state index contributed by atoms with van der Waals surface area (Å²) in [7, 11) is 1.30. The molecule has 0 saturated heterocycles. The van der Waals surface area contributed by atoms with E-state index in [1.54, 1.807) is 36.4 Å². The van der Waals surface area contributed by atoms with Crippen LogP contribution < -0.4 is 10.6 Å². The van der Waals surface area contributed by atoms with E-state index in [0.29, 0.717) is 33.6 Å². The SMILES string of the molecule is COC(=O)c1ccc(Cl)c(Nc2cc(Nc3cccc(C(=O)O)c3)ncn2)c1. The van der Waals surface area contributed by atoms with Gasteiger partial charge in [0.2, 0.25) is 0 Å². The Morgan fingerprint density at radius 1 is 1.00 bits per heavy atom. The molecule has 0 radical (unpaired) electrons. The molecule has 1 aromatic heterocycles. The molecule has 0 spiro atoms. The number of halogens is 1. The lowest BCUT2D eigenvalue weighted by Crippen LogP contribution is -2.03. The summed E-state index contributed by atoms with van der Waals surface area (Å²) in [5, 5.41) is 15.5. The molecule has 0 amide bonds. The second-order valence-electron chi connectivity index (χ2n) is 5.61. The maximum absolute atomic E-state index is 11.7. The van der Waals surface area contributed by atoms with Gasteiger partial charge in [-0.3, -0.25) is 0 Å². The van der Waals surface area contributed by atoms with Gasteiger partial charge < -0.3 is 20.5 Å². The number of methoxy groups -OCH3 is 1. The normalized spacial score (nSPS) is 10.2. The highest BCUT2D eigenvalue weighted by atomic mass is 35.5. The van der Waals surface area contributed by atoms with Crippen molar-refractivity contribution in [2.75, 3.05) is 17.7 Å². The number of hydrogen-bond donors (Lipinski definition) is 3. The van der Waals surface area contributed by atoms with Crippen LogP contribution in [0.4, 0.5) is 23.0 Å². The van der Waals surface area contributed by atoms with Crippen molar-refractivity contribution in [1.29, 1.82) is 0 Å². The van der Waals surface area contributed by atoms with Gasteiger partial charge in [-0.2, -0.15) is 0 Å². The first kappa shape index (κ1) is 19.1. The highest BCUT2D eigenvalue weighted by Crippen LogP contribution is 2.27. The van der Waals surface area contributed by atoms with Crippen molar-refractivity contribution in [3.05, 3.63) is 71.0 Å². The summed E-state index contributed by atoms with van der Waals surface area (Å²) in [6.07, 6.45) is 1.34. The molecule has 2 aromatic carbocycles. The average Bonchev–Trinajstić information content (AvgIpc) is 2.69. The van der Waals surface area contributed by atoms with Gasteiger partial charge in [0.1, 0.15) is 18.0 Å². The molecule has 28 heavy (non-hydrogen) atoms. The van der Waals surface area contributed by atoms with E-state index < -0.39 is 11.9 Å². The number of anilines is 4. The van der Waals surface area contributed by atoms with Crippen LogP contribution in [0.1, 0.15) is 20.7 Å². The minimum atomic E-state index is -1.02. The zero-order valence-electron chi connectivity index (χ0n) is 14.6. The number of rotatable bonds is 6. The largest absolute Gasteiger partial charge is 0.478 e. The lowest BCUT2D eigenvalue weighted by molar-refractivity contribution is 0.0600. The van der Waals surface area contributed by atoms with Crippen LogP contribution in [0.25, 0.3) is 0 Å². The van der Waals surface area contributed by atoms with E-state index in [9.17, 15) is 9.59 Å². The minimum Gasteiger partial charge on any atom is -0.478 e. The van der Waals surface area contributed by atoms with E-state index >= 15 is 0 Å². The molecule has 8 nitrogen and oxygen atoms in total. The Morgan fingerprint density at radius 3 is 2.46 bits per heavy atom. The van der Waals surface area contributed by atoms with E-state index in [2.05, 4.69) is 20.6 Å². The second kappa shape index (κ2) is 8.36. The lowest BCUT2D eigenvalue weighted by Gasteiger charge is -2.11. The average molecular weight is 399 g/mol. The Balaban J connectivity index is 1.81. The number of carboxylic acid groups (broad SMARTS) is 1. The van der Waals surface area contributed by atoms with Crippen LogP contribution in [0.3, 0.4) is 0 Å². The van der Waals surface area contributed by atoms with Crippen molar-refractivity contribution in [2.24, 2.45) is 0 Å². The summed E-state index contributed by atoms with van der Waals surface area (Å²) in [4.78, 5) is 31.0. The maximum atomic E-state index is 11.7. The number of aromatic nitrogens is 2. The number of aromatic carboxylic acids is 1. The molecule has 3 aromatic rings. The molecule has 3 rings (SSSR count). The first-order valence-corrected chi connectivity index (χ1v) is 8.41. The molecule has 0 saturated carbocycles. The van der Waals surface area contributed by atoms with Crippen molar-refractivity contribution < 1.29 is 19.4 Å². The molecule has 0 aliphatic heterocycles. The van der Waals surface area contributed by atoms with Gasteiger partial charge in [-0.25, -0.2) is 19.6 Å². The minimum absolute atomic E-state index is 0.156. The smallest absolute Gasteiger partial charge is 0.337 e. The molecule has 3 N–H and O–H groups in total. The monoisotopic (exact) mass is 398 g/mol. The fraction of sp³-hybridized carbons (Fsp3) is 0.0526. The van der Waals surface area contributed by atoms with Crippen LogP contribution in [0, 0.1) is 0 Å². The Labute approximate surface area is 165 Å². The number of benzene rings is 2. The topological polar surface area (TPSA) is 113 Å². The van der Waals surface area contributed by atoms with Crippen molar-refractivity contribution in [3.8, 4) is 0 Å². The predicted molar refractivity (Wildman–Crippen MR) is 105 cm³/mol. The maximum Gasteiger partial charge on any atom is 0.337 e. The summed E-state index contributed by atoms with van der Waals surface area (Å²) in [6, 6.07) is 12.7. The van der Waals surface area contributed by atoms with Gasteiger partial charge in [0.15, 0.2) is 0 Å². The van der Waals surface area contributed by atoms with Crippen LogP contribution in [-0.4, -0.2) is 34.1 Å². The van der Waals surface area contributed by atoms with Crippen LogP contribution in [0.15, 0.2) is 54.9 Å². The van der Waals surface area contributed by atoms with Gasteiger partial charge in [-0.05, 0) is 36.4 Å². The molecule has 0 aliphatic carbocycles. The Morgan fingerprint density at radius 2 is 1.75 bits per heavy atom. The van der Waals surface area contributed by atoms with Gasteiger partial charge in [0.05, 0.1) is 28.9 Å². The zero-order valence-corrected chi connectivity index (χ0v) is 15.4. The number of esters is 1. The van der Waals surface area contributed by atoms with E-state index in [-0.39, 0.29) is 5.56 Å². The lowest BCUT2D eigenvalue weighted by atomic mass is 10.2. The quantitative estimate of drug-likeness (QED) is 0.532. The van der Waals surface area contributed by atoms with E-state index in [1.165, 1.54) is 25.6 Å². The molecule has 0 aliphatic rings. The summed E-state index contributed by atoms with van der Waals surface area (Å²) in [6.45, 7) is 0. The summed E-state index contributed by atoms with van der Waals surface area (Å²) < 4.78 is 4.71. The van der Waals surface area contributed by atoms with Crippen molar-refractivity contribution >= 4 is 46.6 Å². The summed E-state index contributed by atoms with van der Waals surface area (Å²) in [5.74, 6) is -0.631. The number of carboxylic acids is 1. The van der Waals surface area contributed by atoms with E-state index in [1.807, 2.05) is 0 Å². The third kappa shape index (κ3) is 4.54. The number of nitrogens with zero attached hydrogens (tertiary/aromatic N) is 2. The summed E-state index contributed by atoms with van der Waals surface area (Å²) >= 11 is 6.18. The Kier molecular flexibility index (Phi) is 5.71. The number of nitrogens with one attached hydrogen (secondary N) is 2. The van der Waals surface area contributed by atoms with Gasteiger partial charge in [0, 0.05) is 11.8 Å². The fourth-order valence-corrected chi connectivity index (χ4v) is 2.54. The van der Waals surface area contributed by atoms with Crippen molar-refractivity contribution in [3.63, 3.8) is 0 Å². The molecule has 1 heterocycles. The number of ether oxygens (including phenoxy) is 1. The van der Waals surface area contributed by atoms with Crippen LogP contribution in [-0.2, 0) is 4.74 Å². The second-order valence-corrected chi connectivity index (χ2v) is 6.02. The van der Waals surface area contributed by atoms with Gasteiger partial charge in [-0.1, -0.05) is 17.7 Å². The standard InChI is InChI=1S/C19H15ClN4O4/c1-28-19(27)12-5-6-14(20)15(8-12)24-17-9-16(21-10-22-17)23-13-4-2-3-11(7-13)18(25)26/h2-10H,1H3,(H,25,26)(H2,21,22,23,24). The first-order valence-electron chi connectivity index (χ1n) is 8.03. The molecular weight excluding hydrogens is 384 g/mol. The molecule has 9 heteroatoms. The number of carbonyl (C=O) groups is 2. The van der Waals surface area contributed by atoms with Crippen molar-refractivity contribution in [1.82, 2.24) is 9.97 Å². The van der Waals surface area contributed by atoms with Crippen LogP contribution in [0.5, 0.6) is 0 Å². The fourth-order valence-electron chi connectivity index (χ4n) is 2.38. The Bertz CT molecular complexity index is 1040. The number of hydrogen-bond acceptors (Lipinski definition) is 7.